The minimum Gasteiger partial charge on any atom is -0.346 e. The van der Waals surface area contributed by atoms with E-state index in [2.05, 4.69) is 27.9 Å². The van der Waals surface area contributed by atoms with E-state index in [-0.39, 0.29) is 5.91 Å². The average molecular weight is 259 g/mol. The van der Waals surface area contributed by atoms with Gasteiger partial charge in [0.2, 0.25) is 0 Å². The van der Waals surface area contributed by atoms with Gasteiger partial charge in [-0.3, -0.25) is 4.79 Å². The third-order valence-corrected chi connectivity index (χ3v) is 2.82. The molecule has 0 saturated heterocycles. The minimum absolute atomic E-state index is 0.123. The van der Waals surface area contributed by atoms with Gasteiger partial charge in [-0.05, 0) is 30.7 Å². The van der Waals surface area contributed by atoms with Gasteiger partial charge < -0.3 is 5.32 Å². The van der Waals surface area contributed by atoms with Crippen LogP contribution >= 0.6 is 12.6 Å². The lowest BCUT2D eigenvalue weighted by Crippen LogP contribution is -2.24. The van der Waals surface area contributed by atoms with Crippen LogP contribution in [0.4, 0.5) is 0 Å². The summed E-state index contributed by atoms with van der Waals surface area (Å²) in [6.45, 7) is 2.28. The first kappa shape index (κ1) is 12.6. The largest absolute Gasteiger partial charge is 0.346 e. The predicted octanol–water partition coefficient (Wildman–Crippen LogP) is 2.00. The monoisotopic (exact) mass is 259 g/mol. The van der Waals surface area contributed by atoms with Gasteiger partial charge in [-0.25, -0.2) is 9.97 Å². The van der Waals surface area contributed by atoms with E-state index in [1.807, 2.05) is 19.1 Å². The van der Waals surface area contributed by atoms with Crippen molar-refractivity contribution < 1.29 is 4.79 Å². The summed E-state index contributed by atoms with van der Waals surface area (Å²) < 4.78 is 0. The zero-order valence-corrected chi connectivity index (χ0v) is 10.8. The fourth-order valence-corrected chi connectivity index (χ4v) is 1.75. The second kappa shape index (κ2) is 5.64. The highest BCUT2D eigenvalue weighted by molar-refractivity contribution is 7.80. The predicted molar refractivity (Wildman–Crippen MR) is 71.6 cm³/mol. The molecule has 5 heteroatoms. The second-order valence-corrected chi connectivity index (χ2v) is 4.40. The maximum Gasteiger partial charge on any atom is 0.251 e. The van der Waals surface area contributed by atoms with Crippen LogP contribution in [-0.4, -0.2) is 15.9 Å². The molecule has 18 heavy (non-hydrogen) atoms. The number of amides is 1. The summed E-state index contributed by atoms with van der Waals surface area (Å²) in [5, 5.41) is 2.82. The third kappa shape index (κ3) is 3.07. The number of carbonyl (C=O) groups is 1. The Balaban J connectivity index is 2.06. The fourth-order valence-electron chi connectivity index (χ4n) is 1.54. The van der Waals surface area contributed by atoms with Crippen molar-refractivity contribution in [2.75, 3.05) is 0 Å². The van der Waals surface area contributed by atoms with Gasteiger partial charge in [-0.1, -0.05) is 6.07 Å². The molecular weight excluding hydrogens is 246 g/mol. The van der Waals surface area contributed by atoms with Crippen LogP contribution in [0.5, 0.6) is 0 Å². The molecule has 1 heterocycles. The number of rotatable bonds is 3. The van der Waals surface area contributed by atoms with Gasteiger partial charge in [0.25, 0.3) is 5.91 Å². The summed E-state index contributed by atoms with van der Waals surface area (Å²) in [4.78, 5) is 20.6. The number of hydrogen-bond acceptors (Lipinski definition) is 4. The van der Waals surface area contributed by atoms with Crippen LogP contribution in [0, 0.1) is 6.92 Å². The van der Waals surface area contributed by atoms with Crippen molar-refractivity contribution in [1.82, 2.24) is 15.3 Å². The van der Waals surface area contributed by atoms with Crippen molar-refractivity contribution >= 4 is 18.5 Å². The smallest absolute Gasteiger partial charge is 0.251 e. The summed E-state index contributed by atoms with van der Waals surface area (Å²) in [5.74, 6) is -0.123. The molecule has 0 aliphatic heterocycles. The second-order valence-electron chi connectivity index (χ2n) is 3.88. The van der Waals surface area contributed by atoms with E-state index in [9.17, 15) is 4.79 Å². The molecule has 4 nitrogen and oxygen atoms in total. The summed E-state index contributed by atoms with van der Waals surface area (Å²) >= 11 is 4.23. The first-order valence-electron chi connectivity index (χ1n) is 5.49. The molecule has 2 aromatic rings. The van der Waals surface area contributed by atoms with Gasteiger partial charge >= 0.3 is 0 Å². The molecule has 1 aromatic heterocycles. The van der Waals surface area contributed by atoms with Crippen molar-refractivity contribution in [1.29, 1.82) is 0 Å². The minimum atomic E-state index is -0.123. The standard InChI is InChI=1S/C13H13N3OS/c1-9-2-3-11(18)6-12(9)13(17)15-7-10-4-5-14-8-16-10/h2-6,8,18H,7H2,1H3,(H,15,17). The Morgan fingerprint density at radius 2 is 2.22 bits per heavy atom. The normalized spacial score (nSPS) is 10.1. The van der Waals surface area contributed by atoms with Crippen molar-refractivity contribution in [3.63, 3.8) is 0 Å². The van der Waals surface area contributed by atoms with Crippen LogP contribution in [0.2, 0.25) is 0 Å². The maximum atomic E-state index is 12.0. The zero-order chi connectivity index (χ0) is 13.0. The SMILES string of the molecule is Cc1ccc(S)cc1C(=O)NCc1ccncn1. The fraction of sp³-hybridized carbons (Fsp3) is 0.154. The van der Waals surface area contributed by atoms with Crippen molar-refractivity contribution in [3.8, 4) is 0 Å². The molecular formula is C13H13N3OS. The lowest BCUT2D eigenvalue weighted by molar-refractivity contribution is 0.0949. The summed E-state index contributed by atoms with van der Waals surface area (Å²) in [5.41, 5.74) is 2.34. The molecule has 0 radical (unpaired) electrons. The molecule has 0 bridgehead atoms. The van der Waals surface area contributed by atoms with Crippen molar-refractivity contribution in [3.05, 3.63) is 53.6 Å². The first-order valence-corrected chi connectivity index (χ1v) is 5.94. The lowest BCUT2D eigenvalue weighted by Gasteiger charge is -2.07. The van der Waals surface area contributed by atoms with E-state index in [0.717, 1.165) is 16.2 Å². The van der Waals surface area contributed by atoms with Gasteiger partial charge in [0.05, 0.1) is 12.2 Å². The van der Waals surface area contributed by atoms with Gasteiger partial charge in [0.15, 0.2) is 0 Å². The number of aromatic nitrogens is 2. The highest BCUT2D eigenvalue weighted by Gasteiger charge is 2.09. The highest BCUT2D eigenvalue weighted by atomic mass is 32.1. The number of aryl methyl sites for hydroxylation is 1. The molecule has 0 aliphatic carbocycles. The topological polar surface area (TPSA) is 54.9 Å². The Morgan fingerprint density at radius 1 is 1.39 bits per heavy atom. The number of nitrogens with zero attached hydrogens (tertiary/aromatic N) is 2. The molecule has 0 saturated carbocycles. The van der Waals surface area contributed by atoms with E-state index in [4.69, 9.17) is 0 Å². The first-order chi connectivity index (χ1) is 8.66. The number of hydrogen-bond donors (Lipinski definition) is 2. The van der Waals surface area contributed by atoms with Crippen LogP contribution in [-0.2, 0) is 6.54 Å². The molecule has 0 fully saturated rings. The molecule has 1 amide bonds. The number of thiol groups is 1. The van der Waals surface area contributed by atoms with E-state index in [1.165, 1.54) is 6.33 Å². The molecule has 92 valence electrons. The molecule has 2 rings (SSSR count). The van der Waals surface area contributed by atoms with Crippen LogP contribution in [0.15, 0.2) is 41.7 Å². The van der Waals surface area contributed by atoms with Crippen molar-refractivity contribution in [2.24, 2.45) is 0 Å². The van der Waals surface area contributed by atoms with E-state index in [1.54, 1.807) is 18.3 Å². The lowest BCUT2D eigenvalue weighted by atomic mass is 10.1. The summed E-state index contributed by atoms with van der Waals surface area (Å²) in [6, 6.07) is 7.26. The molecule has 1 N–H and O–H groups in total. The van der Waals surface area contributed by atoms with Crippen LogP contribution < -0.4 is 5.32 Å². The maximum absolute atomic E-state index is 12.0. The van der Waals surface area contributed by atoms with Crippen LogP contribution in [0.25, 0.3) is 0 Å². The number of nitrogens with one attached hydrogen (secondary N) is 1. The molecule has 0 atom stereocenters. The molecule has 0 aliphatic rings. The number of carbonyl (C=O) groups excluding carboxylic acids is 1. The Hall–Kier alpha value is -1.88. The van der Waals surface area contributed by atoms with Crippen LogP contribution in [0.1, 0.15) is 21.6 Å². The molecule has 1 aromatic carbocycles. The Labute approximate surface area is 111 Å². The molecule has 0 spiro atoms. The Morgan fingerprint density at radius 3 is 2.94 bits per heavy atom. The van der Waals surface area contributed by atoms with E-state index < -0.39 is 0 Å². The third-order valence-electron chi connectivity index (χ3n) is 2.54. The van der Waals surface area contributed by atoms with Gasteiger partial charge in [0.1, 0.15) is 6.33 Å². The zero-order valence-electron chi connectivity index (χ0n) is 9.92. The van der Waals surface area contributed by atoms with Gasteiger partial charge in [-0.15, -0.1) is 12.6 Å². The van der Waals surface area contributed by atoms with E-state index >= 15 is 0 Å². The highest BCUT2D eigenvalue weighted by Crippen LogP contribution is 2.13. The molecule has 0 unspecified atom stereocenters. The van der Waals surface area contributed by atoms with Gasteiger partial charge in [-0.2, -0.15) is 0 Å². The number of benzene rings is 1. The van der Waals surface area contributed by atoms with Crippen LogP contribution in [0.3, 0.4) is 0 Å². The van der Waals surface area contributed by atoms with Crippen molar-refractivity contribution in [2.45, 2.75) is 18.4 Å². The summed E-state index contributed by atoms with van der Waals surface area (Å²) in [7, 11) is 0. The van der Waals surface area contributed by atoms with E-state index in [0.29, 0.717) is 12.1 Å². The average Bonchev–Trinajstić information content (AvgIpc) is 2.40. The van der Waals surface area contributed by atoms with Gasteiger partial charge in [0, 0.05) is 16.7 Å². The quantitative estimate of drug-likeness (QED) is 0.829. The summed E-state index contributed by atoms with van der Waals surface area (Å²) in [6.07, 6.45) is 3.11. The Kier molecular flexibility index (Phi) is 3.94. The Bertz CT molecular complexity index is 557.